The van der Waals surface area contributed by atoms with Gasteiger partial charge in [-0.05, 0) is 41.8 Å². The lowest BCUT2D eigenvalue weighted by molar-refractivity contribution is -0.129. The van der Waals surface area contributed by atoms with Gasteiger partial charge >= 0.3 is 5.97 Å². The molecular formula is C22H21NO4. The number of cyclic esters (lactones) is 1. The van der Waals surface area contributed by atoms with E-state index >= 15 is 0 Å². The molecule has 2 aromatic carbocycles. The number of hydrogen-bond acceptors (Lipinski definition) is 5. The molecule has 0 spiro atoms. The first-order valence-electron chi connectivity index (χ1n) is 8.76. The Balaban J connectivity index is 1.78. The van der Waals surface area contributed by atoms with Crippen LogP contribution in [-0.2, 0) is 9.53 Å². The first-order chi connectivity index (χ1) is 13.2. The molecule has 2 aromatic rings. The van der Waals surface area contributed by atoms with Gasteiger partial charge < -0.3 is 14.2 Å². The molecule has 3 rings (SSSR count). The van der Waals surface area contributed by atoms with E-state index in [2.05, 4.69) is 4.99 Å². The molecule has 5 heteroatoms. The number of carbonyl (C=O) groups excluding carboxylic acids is 1. The number of rotatable bonds is 7. The van der Waals surface area contributed by atoms with Crippen LogP contribution in [0.2, 0.25) is 0 Å². The van der Waals surface area contributed by atoms with Gasteiger partial charge in [-0.3, -0.25) is 0 Å². The second kappa shape index (κ2) is 8.85. The lowest BCUT2D eigenvalue weighted by Gasteiger charge is -2.10. The van der Waals surface area contributed by atoms with Crippen LogP contribution in [0.15, 0.2) is 65.3 Å². The first kappa shape index (κ1) is 18.5. The Labute approximate surface area is 158 Å². The fourth-order valence-electron chi connectivity index (χ4n) is 2.49. The molecule has 27 heavy (non-hydrogen) atoms. The maximum atomic E-state index is 12.1. The van der Waals surface area contributed by atoms with Crippen LogP contribution in [0.1, 0.15) is 24.5 Å². The number of aliphatic imine (C=N–C) groups is 1. The number of methoxy groups -OCH3 is 1. The lowest BCUT2D eigenvalue weighted by atomic mass is 10.1. The van der Waals surface area contributed by atoms with Crippen molar-refractivity contribution in [3.63, 3.8) is 0 Å². The third-order valence-electron chi connectivity index (χ3n) is 3.81. The summed E-state index contributed by atoms with van der Waals surface area (Å²) in [5, 5.41) is 0. The maximum Gasteiger partial charge on any atom is 0.363 e. The molecule has 1 aliphatic rings. The molecule has 1 heterocycles. The Bertz CT molecular complexity index is 898. The molecule has 0 aliphatic carbocycles. The Morgan fingerprint density at radius 1 is 1.04 bits per heavy atom. The summed E-state index contributed by atoms with van der Waals surface area (Å²) in [6.45, 7) is 2.66. The van der Waals surface area contributed by atoms with E-state index in [0.717, 1.165) is 17.5 Å². The highest BCUT2D eigenvalue weighted by atomic mass is 16.6. The molecule has 0 atom stereocenters. The number of hydrogen-bond donors (Lipinski definition) is 0. The Kier molecular flexibility index (Phi) is 6.05. The molecular weight excluding hydrogens is 342 g/mol. The van der Waals surface area contributed by atoms with E-state index in [1.165, 1.54) is 0 Å². The average molecular weight is 363 g/mol. The number of nitrogens with zero attached hydrogens (tertiary/aromatic N) is 1. The maximum absolute atomic E-state index is 12.1. The second-order valence-corrected chi connectivity index (χ2v) is 5.87. The molecule has 138 valence electrons. The zero-order valence-electron chi connectivity index (χ0n) is 15.3. The van der Waals surface area contributed by atoms with Gasteiger partial charge in [0.1, 0.15) is 0 Å². The molecule has 0 N–H and O–H groups in total. The van der Waals surface area contributed by atoms with E-state index in [9.17, 15) is 4.79 Å². The molecule has 0 saturated carbocycles. The summed E-state index contributed by atoms with van der Waals surface area (Å²) in [5.41, 5.74) is 2.02. The summed E-state index contributed by atoms with van der Waals surface area (Å²) < 4.78 is 16.2. The molecule has 0 amide bonds. The summed E-state index contributed by atoms with van der Waals surface area (Å²) in [4.78, 5) is 16.3. The van der Waals surface area contributed by atoms with Crippen LogP contribution < -0.4 is 9.47 Å². The van der Waals surface area contributed by atoms with Crippen LogP contribution in [0.4, 0.5) is 0 Å². The molecule has 5 nitrogen and oxygen atoms in total. The summed E-state index contributed by atoms with van der Waals surface area (Å²) in [6, 6.07) is 15.2. The van der Waals surface area contributed by atoms with Crippen LogP contribution in [0, 0.1) is 0 Å². The molecule has 0 unspecified atom stereocenters. The van der Waals surface area contributed by atoms with Crippen molar-refractivity contribution < 1.29 is 19.0 Å². The van der Waals surface area contributed by atoms with Crippen LogP contribution in [0.25, 0.3) is 12.2 Å². The van der Waals surface area contributed by atoms with E-state index in [0.29, 0.717) is 18.1 Å². The van der Waals surface area contributed by atoms with Crippen molar-refractivity contribution in [1.82, 2.24) is 0 Å². The summed E-state index contributed by atoms with van der Waals surface area (Å²) >= 11 is 0. The zero-order chi connectivity index (χ0) is 19.1. The third-order valence-corrected chi connectivity index (χ3v) is 3.81. The quantitative estimate of drug-likeness (QED) is 0.537. The number of benzene rings is 2. The van der Waals surface area contributed by atoms with Gasteiger partial charge in [-0.25, -0.2) is 9.79 Å². The number of carbonyl (C=O) groups is 1. The second-order valence-electron chi connectivity index (χ2n) is 5.87. The van der Waals surface area contributed by atoms with Gasteiger partial charge in [-0.15, -0.1) is 0 Å². The monoisotopic (exact) mass is 363 g/mol. The largest absolute Gasteiger partial charge is 0.493 e. The molecule has 0 bridgehead atoms. The fourth-order valence-corrected chi connectivity index (χ4v) is 2.49. The topological polar surface area (TPSA) is 57.1 Å². The van der Waals surface area contributed by atoms with Gasteiger partial charge in [0.25, 0.3) is 0 Å². The Morgan fingerprint density at radius 2 is 1.85 bits per heavy atom. The van der Waals surface area contributed by atoms with Gasteiger partial charge in [0.15, 0.2) is 17.2 Å². The van der Waals surface area contributed by atoms with Gasteiger partial charge in [0.05, 0.1) is 13.7 Å². The van der Waals surface area contributed by atoms with Crippen molar-refractivity contribution in [3.8, 4) is 11.5 Å². The van der Waals surface area contributed by atoms with Crippen molar-refractivity contribution in [2.45, 2.75) is 13.3 Å². The predicted molar refractivity (Wildman–Crippen MR) is 106 cm³/mol. The van der Waals surface area contributed by atoms with Gasteiger partial charge in [-0.2, -0.15) is 0 Å². The van der Waals surface area contributed by atoms with Crippen molar-refractivity contribution in [2.75, 3.05) is 13.7 Å². The van der Waals surface area contributed by atoms with Crippen molar-refractivity contribution >= 4 is 24.0 Å². The Morgan fingerprint density at radius 3 is 2.59 bits per heavy atom. The van der Waals surface area contributed by atoms with Crippen molar-refractivity contribution in [1.29, 1.82) is 0 Å². The van der Waals surface area contributed by atoms with Gasteiger partial charge in [0.2, 0.25) is 5.90 Å². The number of esters is 1. The van der Waals surface area contributed by atoms with E-state index in [4.69, 9.17) is 14.2 Å². The van der Waals surface area contributed by atoms with Crippen molar-refractivity contribution in [3.05, 3.63) is 71.4 Å². The SMILES string of the molecule is CCCOc1ccc(C=C2N=C(C=Cc3ccccc3)OC2=O)cc1OC. The molecule has 0 radical (unpaired) electrons. The van der Waals surface area contributed by atoms with Crippen LogP contribution in [0.5, 0.6) is 11.5 Å². The minimum atomic E-state index is -0.479. The van der Waals surface area contributed by atoms with Crippen LogP contribution in [-0.4, -0.2) is 25.6 Å². The Hall–Kier alpha value is -3.34. The van der Waals surface area contributed by atoms with Gasteiger partial charge in [-0.1, -0.05) is 43.3 Å². The summed E-state index contributed by atoms with van der Waals surface area (Å²) in [7, 11) is 1.58. The first-order valence-corrected chi connectivity index (χ1v) is 8.76. The van der Waals surface area contributed by atoms with Crippen molar-refractivity contribution in [2.24, 2.45) is 4.99 Å². The van der Waals surface area contributed by atoms with Gasteiger partial charge in [0, 0.05) is 6.08 Å². The van der Waals surface area contributed by atoms with E-state index < -0.39 is 5.97 Å². The minimum Gasteiger partial charge on any atom is -0.493 e. The summed E-state index contributed by atoms with van der Waals surface area (Å²) in [5.74, 6) is 1.07. The summed E-state index contributed by atoms with van der Waals surface area (Å²) in [6.07, 6.45) is 6.10. The fraction of sp³-hybridized carbons (Fsp3) is 0.182. The highest BCUT2D eigenvalue weighted by Crippen LogP contribution is 2.29. The van der Waals surface area contributed by atoms with E-state index in [-0.39, 0.29) is 11.6 Å². The third kappa shape index (κ3) is 4.85. The highest BCUT2D eigenvalue weighted by Gasteiger charge is 2.21. The van der Waals surface area contributed by atoms with E-state index in [1.54, 1.807) is 25.3 Å². The number of ether oxygens (including phenoxy) is 3. The standard InChI is InChI=1S/C22H21NO4/c1-3-13-26-19-11-9-17(15-20(19)25-2)14-18-22(24)27-21(23-18)12-10-16-7-5-4-6-8-16/h4-12,14-15H,3,13H2,1-2H3. The molecule has 0 saturated heterocycles. The minimum absolute atomic E-state index is 0.243. The highest BCUT2D eigenvalue weighted by molar-refractivity contribution is 6.11. The molecule has 0 fully saturated rings. The lowest BCUT2D eigenvalue weighted by Crippen LogP contribution is -2.01. The molecule has 0 aromatic heterocycles. The van der Waals surface area contributed by atoms with E-state index in [1.807, 2.05) is 55.5 Å². The smallest absolute Gasteiger partial charge is 0.363 e. The zero-order valence-corrected chi connectivity index (χ0v) is 15.3. The van der Waals surface area contributed by atoms with Crippen LogP contribution in [0.3, 0.4) is 0 Å². The normalized spacial score (nSPS) is 15.1. The molecule has 1 aliphatic heterocycles. The van der Waals surface area contributed by atoms with Crippen LogP contribution >= 0.6 is 0 Å². The predicted octanol–water partition coefficient (Wildman–Crippen LogP) is 4.49. The average Bonchev–Trinajstić information content (AvgIpc) is 3.05.